The number of pyridine rings is 1. The molecule has 1 aromatic carbocycles. The van der Waals surface area contributed by atoms with Crippen LogP contribution in [0.15, 0.2) is 46.5 Å². The van der Waals surface area contributed by atoms with Crippen LogP contribution in [0.3, 0.4) is 0 Å². The molecule has 3 heterocycles. The first-order valence-corrected chi connectivity index (χ1v) is 13.2. The average Bonchev–Trinajstić information content (AvgIpc) is 3.40. The Bertz CT molecular complexity index is 1270. The summed E-state index contributed by atoms with van der Waals surface area (Å²) in [5.74, 6) is 2.43. The van der Waals surface area contributed by atoms with Gasteiger partial charge in [0.2, 0.25) is 5.82 Å². The third kappa shape index (κ3) is 5.40. The van der Waals surface area contributed by atoms with Gasteiger partial charge in [0, 0.05) is 24.1 Å². The first-order chi connectivity index (χ1) is 17.2. The lowest BCUT2D eigenvalue weighted by Crippen LogP contribution is -2.27. The number of aliphatic imine (C=N–C) groups is 1. The molecule has 1 aliphatic rings. The summed E-state index contributed by atoms with van der Waals surface area (Å²) in [6.45, 7) is 17.1. The van der Waals surface area contributed by atoms with Gasteiger partial charge in [0.15, 0.2) is 5.82 Å². The zero-order valence-electron chi connectivity index (χ0n) is 22.8. The Hall–Kier alpha value is -3.35. The van der Waals surface area contributed by atoms with Crippen molar-refractivity contribution in [2.75, 3.05) is 18.0 Å². The van der Waals surface area contributed by atoms with Gasteiger partial charge < -0.3 is 4.90 Å². The van der Waals surface area contributed by atoms with Gasteiger partial charge in [-0.1, -0.05) is 71.2 Å². The van der Waals surface area contributed by atoms with E-state index < -0.39 is 0 Å². The van der Waals surface area contributed by atoms with Gasteiger partial charge in [-0.25, -0.2) is 9.98 Å². The zero-order valence-corrected chi connectivity index (χ0v) is 22.8. The van der Waals surface area contributed by atoms with Crippen molar-refractivity contribution in [3.8, 4) is 11.4 Å². The number of fused-ring (bicyclic) bond motifs is 1. The molecule has 0 radical (unpaired) electrons. The molecule has 2 aromatic heterocycles. The monoisotopic (exact) mass is 485 g/mol. The van der Waals surface area contributed by atoms with Crippen molar-refractivity contribution in [1.29, 1.82) is 0 Å². The highest BCUT2D eigenvalue weighted by atomic mass is 15.5. The summed E-state index contributed by atoms with van der Waals surface area (Å²) in [7, 11) is 0. The molecule has 7 nitrogen and oxygen atoms in total. The van der Waals surface area contributed by atoms with E-state index in [4.69, 9.17) is 15.1 Å². The second-order valence-electron chi connectivity index (χ2n) is 10.7. The van der Waals surface area contributed by atoms with Gasteiger partial charge in [0.25, 0.3) is 0 Å². The van der Waals surface area contributed by atoms with E-state index in [2.05, 4.69) is 80.9 Å². The number of hydrogen-bond donors (Lipinski definition) is 0. The Balaban J connectivity index is 1.73. The van der Waals surface area contributed by atoms with E-state index in [0.717, 1.165) is 53.1 Å². The van der Waals surface area contributed by atoms with E-state index in [9.17, 15) is 0 Å². The van der Waals surface area contributed by atoms with Crippen molar-refractivity contribution in [3.05, 3.63) is 53.5 Å². The number of nitrogens with zero attached hydrogens (tertiary/aromatic N) is 7. The summed E-state index contributed by atoms with van der Waals surface area (Å²) in [6.07, 6.45) is 4.68. The number of rotatable bonds is 9. The quantitative estimate of drug-likeness (QED) is 0.336. The van der Waals surface area contributed by atoms with Crippen LogP contribution in [0, 0.1) is 19.3 Å². The maximum absolute atomic E-state index is 5.08. The Morgan fingerprint density at radius 3 is 2.22 bits per heavy atom. The van der Waals surface area contributed by atoms with Gasteiger partial charge in [0.05, 0.1) is 17.1 Å². The molecule has 0 bridgehead atoms. The van der Waals surface area contributed by atoms with Crippen LogP contribution in [0.5, 0.6) is 0 Å². The minimum atomic E-state index is -0.207. The predicted octanol–water partition coefficient (Wildman–Crippen LogP) is 6.75. The lowest BCUT2D eigenvalue weighted by molar-refractivity contribution is 0.594. The molecule has 0 fully saturated rings. The third-order valence-electron chi connectivity index (χ3n) is 6.43. The maximum atomic E-state index is 5.08. The van der Waals surface area contributed by atoms with Gasteiger partial charge in [-0.2, -0.15) is 9.78 Å². The van der Waals surface area contributed by atoms with E-state index in [-0.39, 0.29) is 5.41 Å². The van der Waals surface area contributed by atoms with Crippen LogP contribution in [-0.4, -0.2) is 44.4 Å². The molecular formula is C29H39N7. The third-order valence-corrected chi connectivity index (χ3v) is 6.43. The summed E-state index contributed by atoms with van der Waals surface area (Å²) in [5.41, 5.74) is 5.37. The van der Waals surface area contributed by atoms with Crippen LogP contribution in [0.4, 0.5) is 11.5 Å². The molecule has 4 rings (SSSR count). The number of aryl methyl sites for hydroxylation is 2. The summed E-state index contributed by atoms with van der Waals surface area (Å²) >= 11 is 0. The first-order valence-electron chi connectivity index (χ1n) is 13.2. The molecule has 0 saturated carbocycles. The number of benzene rings is 1. The van der Waals surface area contributed by atoms with Crippen molar-refractivity contribution in [2.24, 2.45) is 15.5 Å². The van der Waals surface area contributed by atoms with Gasteiger partial charge in [-0.05, 0) is 44.9 Å². The minimum Gasteiger partial charge on any atom is -0.357 e. The number of hydrogen-bond acceptors (Lipinski definition) is 6. The van der Waals surface area contributed by atoms with E-state index in [1.54, 1.807) is 0 Å². The SMILES string of the molecule is CCCCN(CCCC)c1ccc(/N=C2\C(C(C)(C)C)=Nn3c2nnc3-c2cccc(C)c2)c(C)n1. The number of unbranched alkanes of at least 4 members (excludes halogenated alkanes) is 2. The van der Waals surface area contributed by atoms with E-state index >= 15 is 0 Å². The molecular weight excluding hydrogens is 446 g/mol. The molecule has 0 unspecified atom stereocenters. The Morgan fingerprint density at radius 1 is 0.917 bits per heavy atom. The van der Waals surface area contributed by atoms with Crippen LogP contribution in [-0.2, 0) is 0 Å². The molecule has 0 N–H and O–H groups in total. The molecule has 0 aliphatic carbocycles. The van der Waals surface area contributed by atoms with Crippen LogP contribution in [0.2, 0.25) is 0 Å². The van der Waals surface area contributed by atoms with Crippen molar-refractivity contribution in [2.45, 2.75) is 74.1 Å². The van der Waals surface area contributed by atoms with Crippen molar-refractivity contribution >= 4 is 22.9 Å². The molecule has 0 spiro atoms. The summed E-state index contributed by atoms with van der Waals surface area (Å²) < 4.78 is 1.84. The normalized spacial score (nSPS) is 14.3. The Morgan fingerprint density at radius 2 is 1.61 bits per heavy atom. The van der Waals surface area contributed by atoms with Gasteiger partial charge in [0.1, 0.15) is 11.5 Å². The lowest BCUT2D eigenvalue weighted by Gasteiger charge is -2.24. The fourth-order valence-electron chi connectivity index (χ4n) is 4.34. The van der Waals surface area contributed by atoms with E-state index in [1.165, 1.54) is 31.2 Å². The molecule has 190 valence electrons. The van der Waals surface area contributed by atoms with Crippen LogP contribution >= 0.6 is 0 Å². The van der Waals surface area contributed by atoms with Crippen LogP contribution in [0.25, 0.3) is 11.4 Å². The summed E-state index contributed by atoms with van der Waals surface area (Å²) in [6, 6.07) is 12.4. The largest absolute Gasteiger partial charge is 0.357 e. The smallest absolute Gasteiger partial charge is 0.205 e. The lowest BCUT2D eigenvalue weighted by atomic mass is 9.87. The highest BCUT2D eigenvalue weighted by Crippen LogP contribution is 2.31. The molecule has 0 amide bonds. The minimum absolute atomic E-state index is 0.207. The molecule has 7 heteroatoms. The second-order valence-corrected chi connectivity index (χ2v) is 10.7. The standard InChI is InChI=1S/C29H39N7/c1-8-10-17-35(18-11-9-2)24-16-15-23(21(4)30-24)31-25-26(29(5,6)7)34-36-27(32-33-28(25)36)22-14-12-13-20(3)19-22/h12-16,19H,8-11,17-18H2,1-7H3/b31-25+. The maximum Gasteiger partial charge on any atom is 0.205 e. The van der Waals surface area contributed by atoms with E-state index in [1.807, 2.05) is 23.7 Å². The number of anilines is 1. The Kier molecular flexibility index (Phi) is 7.67. The van der Waals surface area contributed by atoms with Gasteiger partial charge in [-0.15, -0.1) is 10.2 Å². The van der Waals surface area contributed by atoms with Crippen LogP contribution in [0.1, 0.15) is 77.4 Å². The fraction of sp³-hybridized carbons (Fsp3) is 0.483. The van der Waals surface area contributed by atoms with Gasteiger partial charge in [-0.3, -0.25) is 0 Å². The molecule has 0 atom stereocenters. The zero-order chi connectivity index (χ0) is 25.9. The topological polar surface area (TPSA) is 71.6 Å². The van der Waals surface area contributed by atoms with Gasteiger partial charge >= 0.3 is 0 Å². The fourth-order valence-corrected chi connectivity index (χ4v) is 4.34. The summed E-state index contributed by atoms with van der Waals surface area (Å²) in [4.78, 5) is 12.4. The molecule has 0 saturated heterocycles. The van der Waals surface area contributed by atoms with Crippen molar-refractivity contribution in [3.63, 3.8) is 0 Å². The van der Waals surface area contributed by atoms with Crippen LogP contribution < -0.4 is 4.90 Å². The first kappa shape index (κ1) is 25.7. The number of aromatic nitrogens is 4. The highest BCUT2D eigenvalue weighted by Gasteiger charge is 2.35. The second kappa shape index (κ2) is 10.7. The average molecular weight is 486 g/mol. The van der Waals surface area contributed by atoms with Crippen molar-refractivity contribution < 1.29 is 0 Å². The summed E-state index contributed by atoms with van der Waals surface area (Å²) in [5, 5.41) is 14.0. The Labute approximate surface area is 215 Å². The van der Waals surface area contributed by atoms with E-state index in [0.29, 0.717) is 5.82 Å². The molecule has 36 heavy (non-hydrogen) atoms. The predicted molar refractivity (Wildman–Crippen MR) is 150 cm³/mol. The highest BCUT2D eigenvalue weighted by molar-refractivity contribution is 6.50. The molecule has 3 aromatic rings. The molecule has 1 aliphatic heterocycles. The van der Waals surface area contributed by atoms with Crippen molar-refractivity contribution in [1.82, 2.24) is 19.9 Å².